The number of likely N-dealkylation sites (N-methyl/N-ethyl adjacent to an activating group) is 1. The second kappa shape index (κ2) is 11.9. The molecule has 0 spiro atoms. The molecule has 0 heterocycles. The number of sulfonamides is 1. The predicted octanol–water partition coefficient (Wildman–Crippen LogP) is 3.71. The number of carbonyl (C=O) groups is 2. The molecular weight excluding hydrogens is 502 g/mol. The topological polar surface area (TPSA) is 96.0 Å². The molecule has 0 bridgehead atoms. The summed E-state index contributed by atoms with van der Waals surface area (Å²) >= 11 is 5.99. The lowest BCUT2D eigenvalue weighted by Crippen LogP contribution is -2.50. The molecule has 1 unspecified atom stereocenters. The highest BCUT2D eigenvalue weighted by Crippen LogP contribution is 2.32. The van der Waals surface area contributed by atoms with Crippen molar-refractivity contribution in [3.63, 3.8) is 0 Å². The Morgan fingerprint density at radius 3 is 2.19 bits per heavy atom. The highest BCUT2D eigenvalue weighted by Gasteiger charge is 2.33. The fourth-order valence-corrected chi connectivity index (χ4v) is 5.22. The van der Waals surface area contributed by atoms with Crippen molar-refractivity contribution in [2.24, 2.45) is 0 Å². The minimum atomic E-state index is -4.16. The molecule has 0 fully saturated rings. The van der Waals surface area contributed by atoms with Crippen LogP contribution in [0.25, 0.3) is 0 Å². The van der Waals surface area contributed by atoms with Gasteiger partial charge in [-0.05, 0) is 48.9 Å². The quantitative estimate of drug-likeness (QED) is 0.432. The zero-order valence-corrected chi connectivity index (χ0v) is 21.8. The highest BCUT2D eigenvalue weighted by atomic mass is 35.5. The Bertz CT molecular complexity index is 1300. The van der Waals surface area contributed by atoms with Gasteiger partial charge in [0, 0.05) is 18.6 Å². The van der Waals surface area contributed by atoms with Crippen molar-refractivity contribution < 1.29 is 22.7 Å². The van der Waals surface area contributed by atoms with Gasteiger partial charge in [0.25, 0.3) is 10.0 Å². The normalized spacial score (nSPS) is 11.9. The first kappa shape index (κ1) is 27.0. The Balaban J connectivity index is 2.05. The molecule has 3 rings (SSSR count). The second-order valence-electron chi connectivity index (χ2n) is 7.93. The average molecular weight is 530 g/mol. The molecule has 3 aromatic rings. The lowest BCUT2D eigenvalue weighted by Gasteiger charge is -2.32. The summed E-state index contributed by atoms with van der Waals surface area (Å²) in [5.41, 5.74) is 0.939. The van der Waals surface area contributed by atoms with E-state index in [-0.39, 0.29) is 28.8 Å². The Kier molecular flexibility index (Phi) is 8.95. The van der Waals surface area contributed by atoms with Crippen LogP contribution in [0.15, 0.2) is 83.8 Å². The molecule has 0 saturated heterocycles. The number of methoxy groups -OCH3 is 1. The van der Waals surface area contributed by atoms with Crippen LogP contribution in [0.4, 0.5) is 5.69 Å². The molecule has 0 aliphatic rings. The van der Waals surface area contributed by atoms with E-state index in [1.165, 1.54) is 31.2 Å². The van der Waals surface area contributed by atoms with Crippen LogP contribution in [0.5, 0.6) is 5.75 Å². The first-order chi connectivity index (χ1) is 17.2. The average Bonchev–Trinajstić information content (AvgIpc) is 2.90. The van der Waals surface area contributed by atoms with Crippen molar-refractivity contribution in [1.29, 1.82) is 0 Å². The van der Waals surface area contributed by atoms with Crippen LogP contribution in [0.2, 0.25) is 5.02 Å². The van der Waals surface area contributed by atoms with Crippen LogP contribution in [-0.2, 0) is 26.2 Å². The number of para-hydroxylation sites is 2. The fourth-order valence-electron chi connectivity index (χ4n) is 3.65. The number of halogens is 1. The maximum atomic E-state index is 13.7. The van der Waals surface area contributed by atoms with Crippen molar-refractivity contribution in [1.82, 2.24) is 10.2 Å². The Labute approximate surface area is 216 Å². The minimum Gasteiger partial charge on any atom is -0.495 e. The summed E-state index contributed by atoms with van der Waals surface area (Å²) < 4.78 is 33.9. The van der Waals surface area contributed by atoms with Crippen LogP contribution in [0.3, 0.4) is 0 Å². The Morgan fingerprint density at radius 1 is 0.972 bits per heavy atom. The lowest BCUT2D eigenvalue weighted by molar-refractivity contribution is -0.139. The number of rotatable bonds is 10. The number of carbonyl (C=O) groups excluding carboxylic acids is 2. The van der Waals surface area contributed by atoms with Crippen LogP contribution in [0.1, 0.15) is 12.5 Å². The molecule has 2 amide bonds. The third-order valence-electron chi connectivity index (χ3n) is 5.64. The smallest absolute Gasteiger partial charge is 0.264 e. The van der Waals surface area contributed by atoms with Crippen molar-refractivity contribution >= 4 is 39.1 Å². The molecule has 0 saturated carbocycles. The van der Waals surface area contributed by atoms with Crippen molar-refractivity contribution in [3.05, 3.63) is 89.4 Å². The van der Waals surface area contributed by atoms with Gasteiger partial charge in [-0.25, -0.2) is 8.42 Å². The maximum absolute atomic E-state index is 13.7. The van der Waals surface area contributed by atoms with E-state index in [1.807, 2.05) is 0 Å². The summed E-state index contributed by atoms with van der Waals surface area (Å²) in [5.74, 6) is -0.660. The molecule has 0 aromatic heterocycles. The van der Waals surface area contributed by atoms with Crippen LogP contribution in [0, 0.1) is 0 Å². The van der Waals surface area contributed by atoms with E-state index < -0.39 is 28.5 Å². The summed E-state index contributed by atoms with van der Waals surface area (Å²) in [6, 6.07) is 20.4. The molecule has 190 valence electrons. The molecule has 8 nitrogen and oxygen atoms in total. The molecule has 1 N–H and O–H groups in total. The SMILES string of the molecule is CNC(=O)C(C)N(Cc1ccc(Cl)cc1)C(=O)CN(c1ccccc1OC)S(=O)(=O)c1ccccc1. The van der Waals surface area contributed by atoms with Gasteiger partial charge in [-0.3, -0.25) is 13.9 Å². The van der Waals surface area contributed by atoms with Crippen molar-refractivity contribution in [3.8, 4) is 5.75 Å². The number of nitrogens with zero attached hydrogens (tertiary/aromatic N) is 2. The van der Waals surface area contributed by atoms with Gasteiger partial charge in [0.05, 0.1) is 17.7 Å². The number of anilines is 1. The van der Waals surface area contributed by atoms with E-state index in [2.05, 4.69) is 5.32 Å². The summed E-state index contributed by atoms with van der Waals surface area (Å²) in [6.07, 6.45) is 0. The van der Waals surface area contributed by atoms with Gasteiger partial charge in [-0.15, -0.1) is 0 Å². The predicted molar refractivity (Wildman–Crippen MR) is 139 cm³/mol. The van der Waals surface area contributed by atoms with E-state index in [4.69, 9.17) is 16.3 Å². The molecular formula is C26H28ClN3O5S. The first-order valence-corrected chi connectivity index (χ1v) is 13.0. The standard InChI is InChI=1S/C26H28ClN3O5S/c1-19(26(32)28-2)29(17-20-13-15-21(27)16-14-20)25(31)18-30(23-11-7-8-12-24(23)35-3)36(33,34)22-9-5-4-6-10-22/h4-16,19H,17-18H2,1-3H3,(H,28,32). The number of hydrogen-bond donors (Lipinski definition) is 1. The van der Waals surface area contributed by atoms with Gasteiger partial charge in [0.15, 0.2) is 0 Å². The molecule has 0 aliphatic carbocycles. The number of nitrogens with one attached hydrogen (secondary N) is 1. The summed E-state index contributed by atoms with van der Waals surface area (Å²) in [4.78, 5) is 27.6. The fraction of sp³-hybridized carbons (Fsp3) is 0.231. The lowest BCUT2D eigenvalue weighted by atomic mass is 10.1. The number of amides is 2. The maximum Gasteiger partial charge on any atom is 0.264 e. The monoisotopic (exact) mass is 529 g/mol. The third-order valence-corrected chi connectivity index (χ3v) is 7.67. The second-order valence-corrected chi connectivity index (χ2v) is 10.2. The first-order valence-electron chi connectivity index (χ1n) is 11.2. The molecule has 36 heavy (non-hydrogen) atoms. The van der Waals surface area contributed by atoms with Gasteiger partial charge in [-0.1, -0.05) is 54.1 Å². The molecule has 0 radical (unpaired) electrons. The van der Waals surface area contributed by atoms with E-state index in [0.717, 1.165) is 9.87 Å². The van der Waals surface area contributed by atoms with Crippen molar-refractivity contribution in [2.45, 2.75) is 24.4 Å². The summed E-state index contributed by atoms with van der Waals surface area (Å²) in [5, 5.41) is 3.08. The Hall–Kier alpha value is -3.56. The third kappa shape index (κ3) is 6.16. The van der Waals surface area contributed by atoms with Crippen molar-refractivity contribution in [2.75, 3.05) is 25.0 Å². The number of benzene rings is 3. The van der Waals surface area contributed by atoms with Gasteiger partial charge in [0.1, 0.15) is 18.3 Å². The molecule has 10 heteroatoms. The summed E-state index contributed by atoms with van der Waals surface area (Å²) in [6.45, 7) is 1.12. The van der Waals surface area contributed by atoms with E-state index in [9.17, 15) is 18.0 Å². The van der Waals surface area contributed by atoms with Gasteiger partial charge >= 0.3 is 0 Å². The zero-order chi connectivity index (χ0) is 26.3. The molecule has 0 aliphatic heterocycles. The van der Waals surface area contributed by atoms with E-state index in [0.29, 0.717) is 5.02 Å². The van der Waals surface area contributed by atoms with Gasteiger partial charge in [0.2, 0.25) is 11.8 Å². The molecule has 3 aromatic carbocycles. The molecule has 1 atom stereocenters. The number of ether oxygens (including phenoxy) is 1. The van der Waals surface area contributed by atoms with E-state index in [1.54, 1.807) is 73.7 Å². The largest absolute Gasteiger partial charge is 0.495 e. The van der Waals surface area contributed by atoms with Gasteiger partial charge < -0.3 is 15.0 Å². The van der Waals surface area contributed by atoms with Gasteiger partial charge in [-0.2, -0.15) is 0 Å². The van der Waals surface area contributed by atoms with E-state index >= 15 is 0 Å². The van der Waals surface area contributed by atoms with Crippen LogP contribution >= 0.6 is 11.6 Å². The zero-order valence-electron chi connectivity index (χ0n) is 20.2. The Morgan fingerprint density at radius 2 is 1.58 bits per heavy atom. The van der Waals surface area contributed by atoms with Crippen LogP contribution < -0.4 is 14.4 Å². The minimum absolute atomic E-state index is 0.0207. The van der Waals surface area contributed by atoms with Crippen LogP contribution in [-0.4, -0.2) is 51.9 Å². The highest BCUT2D eigenvalue weighted by molar-refractivity contribution is 7.92. The summed E-state index contributed by atoms with van der Waals surface area (Å²) in [7, 11) is -1.26. The number of hydrogen-bond acceptors (Lipinski definition) is 5.